The average Bonchev–Trinajstić information content (AvgIpc) is 3.48. The van der Waals surface area contributed by atoms with Crippen molar-refractivity contribution < 1.29 is 70.8 Å². The molecule has 3 unspecified atom stereocenters. The Morgan fingerprint density at radius 1 is 1.37 bits per heavy atom. The molecule has 1 aliphatic rings. The minimum atomic E-state index is -0.717. The molecule has 1 aromatic heterocycles. The minimum Gasteiger partial charge on any atom is -0.520 e. The van der Waals surface area contributed by atoms with Gasteiger partial charge in [-0.15, -0.1) is 11.3 Å². The maximum atomic E-state index is 12.9. The predicted molar refractivity (Wildman–Crippen MR) is 149 cm³/mol. The molecule has 3 atom stereocenters. The van der Waals surface area contributed by atoms with Crippen LogP contribution in [0.5, 0.6) is 5.75 Å². The number of hydrogen-bond acceptors (Lipinski definition) is 7. The first-order valence-corrected chi connectivity index (χ1v) is 13.9. The molecule has 0 saturated carbocycles. The third kappa shape index (κ3) is 10.3. The topological polar surface area (TPSA) is 95.0 Å². The fourth-order valence-electron chi connectivity index (χ4n) is 4.32. The molecule has 0 spiro atoms. The first-order chi connectivity index (χ1) is 17.8. The smallest absolute Gasteiger partial charge is 0.520 e. The van der Waals surface area contributed by atoms with Crippen LogP contribution in [0.1, 0.15) is 64.8 Å². The van der Waals surface area contributed by atoms with Crippen LogP contribution < -0.4 is 61.4 Å². The maximum Gasteiger partial charge on any atom is 1.00 e. The Labute approximate surface area is 275 Å². The summed E-state index contributed by atoms with van der Waals surface area (Å²) < 4.78 is 6.26. The van der Waals surface area contributed by atoms with Crippen LogP contribution in [0, 0.1) is 13.3 Å². The second kappa shape index (κ2) is 18.5. The van der Waals surface area contributed by atoms with Crippen molar-refractivity contribution >= 4 is 23.7 Å². The number of aromatic nitrogens is 1. The number of likely N-dealkylation sites (N-methyl/N-ethyl adjacent to an activating group) is 1. The van der Waals surface area contributed by atoms with E-state index in [1.807, 2.05) is 57.8 Å². The first-order valence-electron chi connectivity index (χ1n) is 13.1. The van der Waals surface area contributed by atoms with Crippen molar-refractivity contribution in [3.63, 3.8) is 0 Å². The van der Waals surface area contributed by atoms with E-state index < -0.39 is 12.1 Å². The van der Waals surface area contributed by atoms with Crippen LogP contribution in [0.4, 0.5) is 0 Å². The van der Waals surface area contributed by atoms with Crippen LogP contribution in [-0.2, 0) is 9.59 Å². The van der Waals surface area contributed by atoms with Gasteiger partial charge in [-0.05, 0) is 45.0 Å². The summed E-state index contributed by atoms with van der Waals surface area (Å²) in [6, 6.07) is 4.95. The number of carbonyl (C=O) groups excluding carboxylic acids is 2. The molecule has 10 heteroatoms. The number of nitrogens with zero attached hydrogens (tertiary/aromatic N) is 3. The molecule has 1 fully saturated rings. The normalized spacial score (nSPS) is 17.3. The van der Waals surface area contributed by atoms with Crippen LogP contribution in [0.2, 0.25) is 0 Å². The molecule has 2 heterocycles. The van der Waals surface area contributed by atoms with Crippen molar-refractivity contribution in [3.8, 4) is 16.2 Å². The zero-order chi connectivity index (χ0) is 27.4. The second-order valence-corrected chi connectivity index (χ2v) is 10.1. The summed E-state index contributed by atoms with van der Waals surface area (Å²) in [4.78, 5) is 33.1. The molecule has 0 bridgehead atoms. The van der Waals surface area contributed by atoms with Gasteiger partial charge in [-0.3, -0.25) is 4.79 Å². The van der Waals surface area contributed by atoms with Gasteiger partial charge in [0.15, 0.2) is 0 Å². The molecule has 0 aliphatic carbocycles. The van der Waals surface area contributed by atoms with Crippen LogP contribution in [0.25, 0.3) is 10.4 Å². The zero-order valence-electron chi connectivity index (χ0n) is 24.0. The van der Waals surface area contributed by atoms with Gasteiger partial charge >= 0.3 is 51.4 Å². The van der Waals surface area contributed by atoms with E-state index in [1.54, 1.807) is 17.7 Å². The largest absolute Gasteiger partial charge is 1.00 e. The monoisotopic (exact) mass is 569 g/mol. The number of likely N-dealkylation sites (tertiary alicyclic amines) is 1. The zero-order valence-corrected chi connectivity index (χ0v) is 27.9. The van der Waals surface area contributed by atoms with Crippen molar-refractivity contribution in [2.45, 2.75) is 72.6 Å². The Morgan fingerprint density at radius 2 is 2.08 bits per heavy atom. The van der Waals surface area contributed by atoms with Gasteiger partial charge in [-0.25, -0.2) is 4.98 Å². The third-order valence-electron chi connectivity index (χ3n) is 6.20. The molecule has 1 saturated heterocycles. The minimum absolute atomic E-state index is 0. The van der Waals surface area contributed by atoms with Crippen molar-refractivity contribution in [1.82, 2.24) is 20.1 Å². The molecule has 8 nitrogen and oxygen atoms in total. The molecule has 2 amide bonds. The number of aryl methyl sites for hydroxylation is 1. The summed E-state index contributed by atoms with van der Waals surface area (Å²) >= 11 is 1.58. The average molecular weight is 570 g/mol. The molecule has 0 radical (unpaired) electrons. The Balaban J connectivity index is 0.00000172. The van der Waals surface area contributed by atoms with E-state index in [9.17, 15) is 14.7 Å². The molecule has 3 rings (SSSR count). The predicted octanol–water partition coefficient (Wildman–Crippen LogP) is 1.14. The van der Waals surface area contributed by atoms with E-state index in [4.69, 9.17) is 4.74 Å². The fraction of sp³-hybridized carbons (Fsp3) is 0.571. The summed E-state index contributed by atoms with van der Waals surface area (Å²) in [5, 5.41) is 12.8. The van der Waals surface area contributed by atoms with Gasteiger partial charge in [-0.1, -0.05) is 26.0 Å². The molecular formula is C28H42KN4O4S-. The quantitative estimate of drug-likeness (QED) is 0.294. The van der Waals surface area contributed by atoms with Crippen molar-refractivity contribution in [2.75, 3.05) is 32.8 Å². The van der Waals surface area contributed by atoms with Gasteiger partial charge in [0.2, 0.25) is 5.91 Å². The summed E-state index contributed by atoms with van der Waals surface area (Å²) in [5.74, 6) is 0.414. The van der Waals surface area contributed by atoms with Crippen molar-refractivity contribution in [2.24, 2.45) is 0 Å². The number of amides is 2. The Bertz CT molecular complexity index is 990. The number of hydrogen-bond donors (Lipinski definition) is 2. The fourth-order valence-corrected chi connectivity index (χ4v) is 5.12. The number of β-amino-alcohol motifs (C(OH)–C–C–N with tert-alkyl or cyclic N) is 1. The van der Waals surface area contributed by atoms with Crippen molar-refractivity contribution in [3.05, 3.63) is 41.4 Å². The Morgan fingerprint density at radius 3 is 2.66 bits per heavy atom. The van der Waals surface area contributed by atoms with Gasteiger partial charge in [0.25, 0.3) is 0 Å². The van der Waals surface area contributed by atoms with E-state index in [0.717, 1.165) is 53.5 Å². The summed E-state index contributed by atoms with van der Waals surface area (Å²) in [6.45, 7) is 15.7. The number of ether oxygens (including phenoxy) is 1. The van der Waals surface area contributed by atoms with Crippen LogP contribution in [0.3, 0.4) is 0 Å². The van der Waals surface area contributed by atoms with Gasteiger partial charge < -0.3 is 36.2 Å². The Kier molecular flexibility index (Phi) is 17.1. The van der Waals surface area contributed by atoms with E-state index in [1.165, 1.54) is 4.90 Å². The number of benzene rings is 1. The third-order valence-corrected chi connectivity index (χ3v) is 7.18. The van der Waals surface area contributed by atoms with Crippen LogP contribution in [-0.4, -0.2) is 77.1 Å². The molecule has 38 heavy (non-hydrogen) atoms. The first kappa shape index (κ1) is 35.2. The van der Waals surface area contributed by atoms with E-state index >= 15 is 0 Å². The van der Waals surface area contributed by atoms with Crippen LogP contribution in [0.15, 0.2) is 23.7 Å². The molecule has 2 N–H and O–H groups in total. The van der Waals surface area contributed by atoms with Gasteiger partial charge in [0.1, 0.15) is 12.4 Å². The number of rotatable bonds is 12. The second-order valence-electron chi connectivity index (χ2n) is 9.26. The number of aliphatic hydroxyl groups excluding tert-OH is 1. The Hall–Kier alpha value is -0.854. The van der Waals surface area contributed by atoms with E-state index in [-0.39, 0.29) is 76.3 Å². The number of nitrogens with one attached hydrogen (secondary N) is 1. The van der Waals surface area contributed by atoms with Gasteiger partial charge in [0, 0.05) is 25.1 Å². The number of aliphatic hydroxyl groups is 1. The summed E-state index contributed by atoms with van der Waals surface area (Å²) in [5.41, 5.74) is 4.68. The molecule has 206 valence electrons. The van der Waals surface area contributed by atoms with E-state index in [0.29, 0.717) is 6.61 Å². The molecule has 2 aromatic rings. The maximum absolute atomic E-state index is 12.9. The van der Waals surface area contributed by atoms with Crippen molar-refractivity contribution in [1.29, 1.82) is 0 Å². The molecular weight excluding hydrogens is 527 g/mol. The molecule has 1 aliphatic heterocycles. The summed E-state index contributed by atoms with van der Waals surface area (Å²) in [7, 11) is 0. The van der Waals surface area contributed by atoms with E-state index in [2.05, 4.69) is 29.0 Å². The van der Waals surface area contributed by atoms with Gasteiger partial charge in [0.05, 0.1) is 34.3 Å². The number of carbonyl (C=O) groups is 1. The number of thiazole rings is 1. The standard InChI is InChI=1S/C25H35N4O4S.C3H7.K/c1-5-9-28(6-2)10-11-33-23-12-19(24-18(4)26-15-34-24)7-8-21(23)17(3)27-25(32)22-13-20(31)14-29(22)16-30;1-3-2;/h7-8,12,15,17,20,22,31H,5-6,9-11,13-14H2,1-4H3,(H,27,32);3H,1-2H3;/q2*-1;+1. The SMILES string of the molecule is CCCN(CC)CCOc1cc(-c2scnc2C)ccc1C(C)NC(=O)C1CC(O)CN1[C-]=O.C[CH-]C.[K+]. The molecule has 1 aromatic carbocycles. The summed E-state index contributed by atoms with van der Waals surface area (Å²) in [6.07, 6.45) is 4.35. The van der Waals surface area contributed by atoms with Crippen LogP contribution >= 0.6 is 11.3 Å². The van der Waals surface area contributed by atoms with Gasteiger partial charge in [-0.2, -0.15) is 20.3 Å².